The van der Waals surface area contributed by atoms with Gasteiger partial charge in [-0.15, -0.1) is 0 Å². The zero-order chi connectivity index (χ0) is 22.3. The number of nitrogens with one attached hydrogen (secondary N) is 2. The smallest absolute Gasteiger partial charge is 0.253 e. The number of ether oxygens (including phenoxy) is 1. The number of thioether (sulfide) groups is 1. The summed E-state index contributed by atoms with van der Waals surface area (Å²) in [6, 6.07) is 9.45. The SMILES string of the molecule is COc1ccc(C)cc1C(C)NC(=O)C(CCSC)NC(=O)c1ccc(Cl)cc1Cl. The second kappa shape index (κ2) is 11.5. The molecule has 2 amide bonds. The summed E-state index contributed by atoms with van der Waals surface area (Å²) in [7, 11) is 1.60. The molecule has 8 heteroatoms. The molecule has 0 aliphatic carbocycles. The van der Waals surface area contributed by atoms with E-state index in [1.54, 1.807) is 31.0 Å². The Balaban J connectivity index is 2.16. The molecule has 0 aliphatic heterocycles. The molecule has 162 valence electrons. The predicted octanol–water partition coefficient (Wildman–Crippen LogP) is 5.04. The van der Waals surface area contributed by atoms with Crippen LogP contribution in [0.4, 0.5) is 0 Å². The number of aryl methyl sites for hydroxylation is 1. The van der Waals surface area contributed by atoms with Crippen LogP contribution in [0.5, 0.6) is 5.75 Å². The predicted molar refractivity (Wildman–Crippen MR) is 125 cm³/mol. The molecule has 0 heterocycles. The van der Waals surface area contributed by atoms with Crippen molar-refractivity contribution in [3.05, 3.63) is 63.1 Å². The lowest BCUT2D eigenvalue weighted by Gasteiger charge is -2.23. The normalized spacial score (nSPS) is 12.7. The fraction of sp³-hybridized carbons (Fsp3) is 0.364. The number of hydrogen-bond donors (Lipinski definition) is 2. The lowest BCUT2D eigenvalue weighted by molar-refractivity contribution is -0.123. The summed E-state index contributed by atoms with van der Waals surface area (Å²) < 4.78 is 5.42. The molecule has 2 aromatic rings. The first kappa shape index (κ1) is 24.4. The lowest BCUT2D eigenvalue weighted by Crippen LogP contribution is -2.47. The molecule has 0 fully saturated rings. The number of hydrogen-bond acceptors (Lipinski definition) is 4. The van der Waals surface area contributed by atoms with Gasteiger partial charge in [-0.05, 0) is 56.5 Å². The van der Waals surface area contributed by atoms with Crippen LogP contribution in [0.3, 0.4) is 0 Å². The van der Waals surface area contributed by atoms with Crippen molar-refractivity contribution in [1.29, 1.82) is 0 Å². The first-order chi connectivity index (χ1) is 14.3. The Hall–Kier alpha value is -1.89. The van der Waals surface area contributed by atoms with Crippen molar-refractivity contribution in [3.8, 4) is 5.75 Å². The molecule has 5 nitrogen and oxygen atoms in total. The highest BCUT2D eigenvalue weighted by atomic mass is 35.5. The molecule has 2 atom stereocenters. The van der Waals surface area contributed by atoms with Gasteiger partial charge in [0.1, 0.15) is 11.8 Å². The standard InChI is InChI=1S/C22H26Cl2N2O3S/c1-13-5-8-20(29-3)17(11-13)14(2)25-22(28)19(9-10-30-4)26-21(27)16-7-6-15(23)12-18(16)24/h5-8,11-12,14,19H,9-10H2,1-4H3,(H,25,28)(H,26,27). The average Bonchev–Trinajstić information content (AvgIpc) is 2.70. The largest absolute Gasteiger partial charge is 0.496 e. The van der Waals surface area contributed by atoms with E-state index in [2.05, 4.69) is 10.6 Å². The molecule has 0 saturated heterocycles. The van der Waals surface area contributed by atoms with Gasteiger partial charge in [0.2, 0.25) is 5.91 Å². The summed E-state index contributed by atoms with van der Waals surface area (Å²) in [6.07, 6.45) is 2.44. The third kappa shape index (κ3) is 6.56. The van der Waals surface area contributed by atoms with E-state index in [0.29, 0.717) is 17.2 Å². The molecule has 0 bridgehead atoms. The second-order valence-electron chi connectivity index (χ2n) is 6.91. The summed E-state index contributed by atoms with van der Waals surface area (Å²) in [6.45, 7) is 3.87. The van der Waals surface area contributed by atoms with Crippen LogP contribution < -0.4 is 15.4 Å². The van der Waals surface area contributed by atoms with E-state index < -0.39 is 11.9 Å². The van der Waals surface area contributed by atoms with Gasteiger partial charge in [-0.3, -0.25) is 9.59 Å². The van der Waals surface area contributed by atoms with Gasteiger partial charge in [-0.25, -0.2) is 0 Å². The summed E-state index contributed by atoms with van der Waals surface area (Å²) >= 11 is 13.6. The zero-order valence-corrected chi connectivity index (χ0v) is 19.8. The summed E-state index contributed by atoms with van der Waals surface area (Å²) in [4.78, 5) is 25.7. The van der Waals surface area contributed by atoms with Crippen molar-refractivity contribution in [2.24, 2.45) is 0 Å². The quantitative estimate of drug-likeness (QED) is 0.540. The minimum Gasteiger partial charge on any atom is -0.496 e. The Bertz CT molecular complexity index is 908. The fourth-order valence-electron chi connectivity index (χ4n) is 3.00. The van der Waals surface area contributed by atoms with Crippen molar-refractivity contribution in [2.45, 2.75) is 32.4 Å². The van der Waals surface area contributed by atoms with Gasteiger partial charge in [0, 0.05) is 10.6 Å². The third-order valence-electron chi connectivity index (χ3n) is 4.62. The zero-order valence-electron chi connectivity index (χ0n) is 17.4. The van der Waals surface area contributed by atoms with Crippen molar-refractivity contribution in [3.63, 3.8) is 0 Å². The number of carbonyl (C=O) groups is 2. The molecule has 2 unspecified atom stereocenters. The maximum Gasteiger partial charge on any atom is 0.253 e. The molecule has 0 saturated carbocycles. The molecule has 0 radical (unpaired) electrons. The number of benzene rings is 2. The van der Waals surface area contributed by atoms with E-state index in [9.17, 15) is 9.59 Å². The molecule has 0 spiro atoms. The van der Waals surface area contributed by atoms with Gasteiger partial charge >= 0.3 is 0 Å². The Kier molecular flexibility index (Phi) is 9.34. The molecule has 0 aliphatic rings. The molecule has 2 aromatic carbocycles. The van der Waals surface area contributed by atoms with E-state index >= 15 is 0 Å². The minimum atomic E-state index is -0.699. The Labute approximate surface area is 191 Å². The van der Waals surface area contributed by atoms with Crippen LogP contribution in [0, 0.1) is 6.92 Å². The van der Waals surface area contributed by atoms with Gasteiger partial charge in [-0.1, -0.05) is 40.9 Å². The van der Waals surface area contributed by atoms with E-state index in [1.165, 1.54) is 6.07 Å². The highest BCUT2D eigenvalue weighted by Crippen LogP contribution is 2.26. The highest BCUT2D eigenvalue weighted by Gasteiger charge is 2.24. The maximum absolute atomic E-state index is 13.0. The molecule has 30 heavy (non-hydrogen) atoms. The van der Waals surface area contributed by atoms with Crippen LogP contribution in [0.15, 0.2) is 36.4 Å². The number of amides is 2. The van der Waals surface area contributed by atoms with Gasteiger partial charge in [0.25, 0.3) is 5.91 Å². The van der Waals surface area contributed by atoms with E-state index in [-0.39, 0.29) is 22.5 Å². The number of rotatable bonds is 9. The average molecular weight is 469 g/mol. The summed E-state index contributed by atoms with van der Waals surface area (Å²) in [5.41, 5.74) is 2.22. The van der Waals surface area contributed by atoms with Crippen LogP contribution in [-0.4, -0.2) is 37.0 Å². The minimum absolute atomic E-state index is 0.238. The summed E-state index contributed by atoms with van der Waals surface area (Å²) in [5, 5.41) is 6.47. The highest BCUT2D eigenvalue weighted by molar-refractivity contribution is 7.98. The molecule has 2 rings (SSSR count). The summed E-state index contributed by atoms with van der Waals surface area (Å²) in [5.74, 6) is 0.734. The van der Waals surface area contributed by atoms with Crippen LogP contribution in [-0.2, 0) is 4.79 Å². The number of methoxy groups -OCH3 is 1. The van der Waals surface area contributed by atoms with Crippen LogP contribution in [0.2, 0.25) is 10.0 Å². The molecule has 2 N–H and O–H groups in total. The van der Waals surface area contributed by atoms with Crippen molar-refractivity contribution >= 4 is 46.8 Å². The van der Waals surface area contributed by atoms with Crippen LogP contribution in [0.25, 0.3) is 0 Å². The number of carbonyl (C=O) groups excluding carboxylic acids is 2. The van der Waals surface area contributed by atoms with Gasteiger partial charge in [0.15, 0.2) is 0 Å². The van der Waals surface area contributed by atoms with E-state index in [0.717, 1.165) is 16.9 Å². The third-order valence-corrected chi connectivity index (χ3v) is 5.81. The van der Waals surface area contributed by atoms with Crippen molar-refractivity contribution in [2.75, 3.05) is 19.1 Å². The first-order valence-electron chi connectivity index (χ1n) is 9.46. The second-order valence-corrected chi connectivity index (χ2v) is 8.74. The lowest BCUT2D eigenvalue weighted by atomic mass is 10.0. The maximum atomic E-state index is 13.0. The van der Waals surface area contributed by atoms with Gasteiger partial charge in [0.05, 0.1) is 23.7 Å². The van der Waals surface area contributed by atoms with E-state index in [4.69, 9.17) is 27.9 Å². The van der Waals surface area contributed by atoms with Crippen molar-refractivity contribution < 1.29 is 14.3 Å². The Morgan fingerprint density at radius 1 is 1.13 bits per heavy atom. The Morgan fingerprint density at radius 2 is 1.87 bits per heavy atom. The monoisotopic (exact) mass is 468 g/mol. The van der Waals surface area contributed by atoms with E-state index in [1.807, 2.05) is 38.3 Å². The van der Waals surface area contributed by atoms with Gasteiger partial charge < -0.3 is 15.4 Å². The fourth-order valence-corrected chi connectivity index (χ4v) is 3.96. The first-order valence-corrected chi connectivity index (χ1v) is 11.6. The molecular weight excluding hydrogens is 443 g/mol. The Morgan fingerprint density at radius 3 is 2.50 bits per heavy atom. The molecular formula is C22H26Cl2N2O3S. The van der Waals surface area contributed by atoms with Gasteiger partial charge in [-0.2, -0.15) is 11.8 Å². The van der Waals surface area contributed by atoms with Crippen molar-refractivity contribution in [1.82, 2.24) is 10.6 Å². The van der Waals surface area contributed by atoms with Crippen LogP contribution >= 0.6 is 35.0 Å². The topological polar surface area (TPSA) is 67.4 Å². The van der Waals surface area contributed by atoms with Crippen LogP contribution in [0.1, 0.15) is 40.9 Å². The number of halogens is 2. The molecule has 0 aromatic heterocycles.